The minimum atomic E-state index is 0.0572. The third kappa shape index (κ3) is 2.00. The van der Waals surface area contributed by atoms with Crippen LogP contribution in [0.15, 0.2) is 36.0 Å². The SMILES string of the molecule is COc1cccc(/C=N\n2cnnc2)c1O. The number of phenols is 1. The molecule has 0 radical (unpaired) electrons. The van der Waals surface area contributed by atoms with Crippen molar-refractivity contribution in [3.63, 3.8) is 0 Å². The molecular weight excluding hydrogens is 208 g/mol. The Labute approximate surface area is 91.8 Å². The van der Waals surface area contributed by atoms with Gasteiger partial charge in [0.05, 0.1) is 13.3 Å². The van der Waals surface area contributed by atoms with Crippen molar-refractivity contribution in [2.45, 2.75) is 0 Å². The molecule has 0 aliphatic heterocycles. The molecule has 1 N–H and O–H groups in total. The number of rotatable bonds is 3. The predicted octanol–water partition coefficient (Wildman–Crippen LogP) is 0.874. The largest absolute Gasteiger partial charge is 0.504 e. The van der Waals surface area contributed by atoms with Gasteiger partial charge in [-0.05, 0) is 12.1 Å². The van der Waals surface area contributed by atoms with Gasteiger partial charge in [0.25, 0.3) is 0 Å². The molecule has 1 aromatic carbocycles. The van der Waals surface area contributed by atoms with E-state index in [1.165, 1.54) is 30.7 Å². The standard InChI is InChI=1S/C10H10N4O2/c1-16-9-4-2-3-8(10(9)15)5-13-14-6-11-12-7-14/h2-7,15H,1H3/b13-5-. The number of hydrogen-bond acceptors (Lipinski definition) is 5. The molecule has 1 aromatic heterocycles. The Bertz CT molecular complexity index is 494. The Morgan fingerprint density at radius 3 is 2.81 bits per heavy atom. The maximum absolute atomic E-state index is 9.76. The number of aromatic hydroxyl groups is 1. The number of hydrogen-bond donors (Lipinski definition) is 1. The molecule has 16 heavy (non-hydrogen) atoms. The molecule has 0 aliphatic carbocycles. The van der Waals surface area contributed by atoms with Crippen LogP contribution < -0.4 is 4.74 Å². The zero-order valence-corrected chi connectivity index (χ0v) is 8.61. The Hall–Kier alpha value is -2.37. The summed E-state index contributed by atoms with van der Waals surface area (Å²) >= 11 is 0. The van der Waals surface area contributed by atoms with Gasteiger partial charge < -0.3 is 9.84 Å². The summed E-state index contributed by atoms with van der Waals surface area (Å²) in [4.78, 5) is 0. The lowest BCUT2D eigenvalue weighted by Crippen LogP contribution is -1.90. The van der Waals surface area contributed by atoms with Crippen LogP contribution in [-0.2, 0) is 0 Å². The van der Waals surface area contributed by atoms with Crippen molar-refractivity contribution in [3.8, 4) is 11.5 Å². The van der Waals surface area contributed by atoms with Crippen LogP contribution in [0.5, 0.6) is 11.5 Å². The van der Waals surface area contributed by atoms with Gasteiger partial charge in [-0.25, -0.2) is 4.68 Å². The van der Waals surface area contributed by atoms with E-state index in [1.807, 2.05) is 0 Å². The molecule has 0 aliphatic rings. The van der Waals surface area contributed by atoms with Crippen molar-refractivity contribution in [1.82, 2.24) is 14.9 Å². The molecule has 0 unspecified atom stereocenters. The van der Waals surface area contributed by atoms with E-state index >= 15 is 0 Å². The van der Waals surface area contributed by atoms with Gasteiger partial charge in [-0.1, -0.05) is 6.07 Å². The highest BCUT2D eigenvalue weighted by atomic mass is 16.5. The zero-order valence-electron chi connectivity index (χ0n) is 8.61. The van der Waals surface area contributed by atoms with Crippen LogP contribution >= 0.6 is 0 Å². The molecule has 0 saturated heterocycles. The Morgan fingerprint density at radius 2 is 2.12 bits per heavy atom. The summed E-state index contributed by atoms with van der Waals surface area (Å²) < 4.78 is 6.41. The lowest BCUT2D eigenvalue weighted by Gasteiger charge is -2.04. The maximum Gasteiger partial charge on any atom is 0.166 e. The van der Waals surface area contributed by atoms with E-state index < -0.39 is 0 Å². The van der Waals surface area contributed by atoms with Gasteiger partial charge >= 0.3 is 0 Å². The number of nitrogens with zero attached hydrogens (tertiary/aromatic N) is 4. The van der Waals surface area contributed by atoms with Gasteiger partial charge in [-0.3, -0.25) is 0 Å². The number of para-hydroxylation sites is 1. The second-order valence-corrected chi connectivity index (χ2v) is 2.98. The summed E-state index contributed by atoms with van der Waals surface area (Å²) in [6, 6.07) is 5.17. The highest BCUT2D eigenvalue weighted by molar-refractivity contribution is 5.84. The lowest BCUT2D eigenvalue weighted by atomic mass is 10.2. The zero-order chi connectivity index (χ0) is 11.4. The van der Waals surface area contributed by atoms with Crippen molar-refractivity contribution in [3.05, 3.63) is 36.4 Å². The van der Waals surface area contributed by atoms with E-state index in [2.05, 4.69) is 15.3 Å². The number of benzene rings is 1. The van der Waals surface area contributed by atoms with E-state index in [9.17, 15) is 5.11 Å². The molecule has 0 bridgehead atoms. The highest BCUT2D eigenvalue weighted by Crippen LogP contribution is 2.27. The van der Waals surface area contributed by atoms with E-state index in [0.717, 1.165) is 0 Å². The molecule has 6 nitrogen and oxygen atoms in total. The fourth-order valence-corrected chi connectivity index (χ4v) is 1.19. The minimum absolute atomic E-state index is 0.0572. The summed E-state index contributed by atoms with van der Waals surface area (Å²) in [5, 5.41) is 21.0. The highest BCUT2D eigenvalue weighted by Gasteiger charge is 2.04. The van der Waals surface area contributed by atoms with Crippen LogP contribution in [-0.4, -0.2) is 33.3 Å². The molecule has 82 valence electrons. The van der Waals surface area contributed by atoms with Crippen LogP contribution in [0, 0.1) is 0 Å². The fraction of sp³-hybridized carbons (Fsp3) is 0.100. The Morgan fingerprint density at radius 1 is 1.38 bits per heavy atom. The summed E-state index contributed by atoms with van der Waals surface area (Å²) in [6.45, 7) is 0. The summed E-state index contributed by atoms with van der Waals surface area (Å²) in [5.74, 6) is 0.467. The molecule has 0 atom stereocenters. The summed E-state index contributed by atoms with van der Waals surface area (Å²) in [6.07, 6.45) is 4.41. The van der Waals surface area contributed by atoms with Gasteiger partial charge in [0, 0.05) is 5.56 Å². The van der Waals surface area contributed by atoms with Gasteiger partial charge in [0.2, 0.25) is 0 Å². The van der Waals surface area contributed by atoms with Crippen LogP contribution in [0.2, 0.25) is 0 Å². The van der Waals surface area contributed by atoms with Crippen LogP contribution in [0.25, 0.3) is 0 Å². The number of aromatic nitrogens is 3. The fourth-order valence-electron chi connectivity index (χ4n) is 1.19. The third-order valence-corrected chi connectivity index (χ3v) is 1.99. The monoisotopic (exact) mass is 218 g/mol. The normalized spacial score (nSPS) is 10.8. The molecule has 1 heterocycles. The molecular formula is C10H10N4O2. The van der Waals surface area contributed by atoms with Gasteiger partial charge in [-0.2, -0.15) is 5.10 Å². The predicted molar refractivity (Wildman–Crippen MR) is 57.7 cm³/mol. The third-order valence-electron chi connectivity index (χ3n) is 1.99. The number of ether oxygens (including phenoxy) is 1. The molecule has 2 aromatic rings. The Balaban J connectivity index is 2.28. The molecule has 0 spiro atoms. The first kappa shape index (κ1) is 10.2. The second kappa shape index (κ2) is 4.43. The molecule has 2 rings (SSSR count). The van der Waals surface area contributed by atoms with Crippen molar-refractivity contribution >= 4 is 6.21 Å². The average Bonchev–Trinajstić information content (AvgIpc) is 2.81. The smallest absolute Gasteiger partial charge is 0.166 e. The minimum Gasteiger partial charge on any atom is -0.504 e. The molecule has 6 heteroatoms. The van der Waals surface area contributed by atoms with E-state index in [-0.39, 0.29) is 5.75 Å². The van der Waals surface area contributed by atoms with Gasteiger partial charge in [0.1, 0.15) is 12.7 Å². The average molecular weight is 218 g/mol. The number of methoxy groups -OCH3 is 1. The first-order chi connectivity index (χ1) is 7.81. The quantitative estimate of drug-likeness (QED) is 0.776. The second-order valence-electron chi connectivity index (χ2n) is 2.98. The first-order valence-electron chi connectivity index (χ1n) is 4.56. The molecule has 0 amide bonds. The van der Waals surface area contributed by atoms with Crippen LogP contribution in [0.1, 0.15) is 5.56 Å². The Kier molecular flexibility index (Phi) is 2.81. The van der Waals surface area contributed by atoms with Crippen LogP contribution in [0.4, 0.5) is 0 Å². The van der Waals surface area contributed by atoms with Crippen LogP contribution in [0.3, 0.4) is 0 Å². The topological polar surface area (TPSA) is 72.5 Å². The van der Waals surface area contributed by atoms with Gasteiger partial charge in [-0.15, -0.1) is 10.2 Å². The summed E-state index contributed by atoms with van der Waals surface area (Å²) in [5.41, 5.74) is 0.563. The van der Waals surface area contributed by atoms with Crippen molar-refractivity contribution < 1.29 is 9.84 Å². The van der Waals surface area contributed by atoms with E-state index in [0.29, 0.717) is 11.3 Å². The first-order valence-corrected chi connectivity index (χ1v) is 4.56. The van der Waals surface area contributed by atoms with Gasteiger partial charge in [0.15, 0.2) is 11.5 Å². The van der Waals surface area contributed by atoms with Crippen molar-refractivity contribution in [2.75, 3.05) is 7.11 Å². The van der Waals surface area contributed by atoms with Crippen molar-refractivity contribution in [1.29, 1.82) is 0 Å². The number of phenolic OH excluding ortho intramolecular Hbond substituents is 1. The molecule has 0 fully saturated rings. The van der Waals surface area contributed by atoms with E-state index in [1.54, 1.807) is 18.2 Å². The maximum atomic E-state index is 9.76. The van der Waals surface area contributed by atoms with Crippen molar-refractivity contribution in [2.24, 2.45) is 5.10 Å². The van der Waals surface area contributed by atoms with E-state index in [4.69, 9.17) is 4.74 Å². The summed E-state index contributed by atoms with van der Waals surface area (Å²) in [7, 11) is 1.50. The lowest BCUT2D eigenvalue weighted by molar-refractivity contribution is 0.373. The molecule has 0 saturated carbocycles.